The molecule has 112 valence electrons. The first-order valence-corrected chi connectivity index (χ1v) is 11.0. The van der Waals surface area contributed by atoms with Crippen LogP contribution in [0.1, 0.15) is 11.3 Å². The molecule has 0 N–H and O–H groups in total. The quantitative estimate of drug-likeness (QED) is 0.552. The van der Waals surface area contributed by atoms with Crippen molar-refractivity contribution in [3.63, 3.8) is 0 Å². The van der Waals surface area contributed by atoms with E-state index in [1.165, 1.54) is 5.56 Å². The maximum atomic E-state index is 9.93. The summed E-state index contributed by atoms with van der Waals surface area (Å²) in [5, 5.41) is 0. The number of aromatic nitrogens is 2. The fourth-order valence-electron chi connectivity index (χ4n) is 1.23. The summed E-state index contributed by atoms with van der Waals surface area (Å²) < 4.78 is 59.6. The van der Waals surface area contributed by atoms with Crippen LogP contribution in [-0.2, 0) is 6.42 Å². The monoisotopic (exact) mass is 405 g/mol. The van der Waals surface area contributed by atoms with Crippen LogP contribution in [0.2, 0.25) is 0 Å². The van der Waals surface area contributed by atoms with Gasteiger partial charge in [-0.3, -0.25) is 9.97 Å². The summed E-state index contributed by atoms with van der Waals surface area (Å²) in [4.78, 5) is 8.23. The molecule has 0 aliphatic rings. The Balaban J connectivity index is 0.000000246. The van der Waals surface area contributed by atoms with E-state index in [9.17, 15) is 16.9 Å². The third kappa shape index (κ3) is 11.8. The van der Waals surface area contributed by atoms with Crippen molar-refractivity contribution in [1.29, 1.82) is 0 Å². The Morgan fingerprint density at radius 1 is 0.850 bits per heavy atom. The molecule has 0 fully saturated rings. The molecule has 0 aliphatic heterocycles. The molecule has 0 saturated carbocycles. The van der Waals surface area contributed by atoms with Crippen molar-refractivity contribution in [3.05, 3.63) is 60.2 Å². The normalized spacial score (nSPS) is 14.5. The first kappa shape index (κ1) is 16.8. The molecule has 2 aromatic rings. The Morgan fingerprint density at radius 2 is 1.40 bits per heavy atom. The Hall–Kier alpha value is -1.30. The second-order valence-corrected chi connectivity index (χ2v) is 9.29. The number of rotatable bonds is 2. The van der Waals surface area contributed by atoms with Crippen molar-refractivity contribution in [2.45, 2.75) is 6.42 Å². The van der Waals surface area contributed by atoms with Gasteiger partial charge in [-0.2, -0.15) is 0 Å². The number of hydrogen-bond acceptors (Lipinski definition) is 2. The first-order valence-electron chi connectivity index (χ1n) is 5.25. The maximum absolute atomic E-state index is 11.2. The topological polar surface area (TPSA) is 25.8 Å². The molecule has 0 saturated heterocycles. The van der Waals surface area contributed by atoms with E-state index in [1.807, 2.05) is 18.2 Å². The number of halogens is 6. The van der Waals surface area contributed by atoms with Crippen LogP contribution in [0.4, 0.5) is 16.9 Å². The summed E-state index contributed by atoms with van der Waals surface area (Å²) in [5.41, 5.74) is 2.27. The third-order valence-corrected chi connectivity index (χ3v) is 1.84. The predicted octanol–water partition coefficient (Wildman–Crippen LogP) is 4.21. The van der Waals surface area contributed by atoms with E-state index < -0.39 is 19.5 Å². The molecule has 0 spiro atoms. The van der Waals surface area contributed by atoms with Crippen molar-refractivity contribution in [3.8, 4) is 0 Å². The zero-order chi connectivity index (χ0) is 15.3. The zero-order valence-electron chi connectivity index (χ0n) is 9.94. The van der Waals surface area contributed by atoms with Gasteiger partial charge in [-0.25, -0.2) is 0 Å². The summed E-state index contributed by atoms with van der Waals surface area (Å²) in [5.74, 6) is 0. The van der Waals surface area contributed by atoms with Gasteiger partial charge in [0.15, 0.2) is 0 Å². The predicted molar refractivity (Wildman–Crippen MR) is 63.7 cm³/mol. The fourth-order valence-corrected chi connectivity index (χ4v) is 1.23. The fraction of sp³-hybridized carbons (Fsp3) is 0.0909. The van der Waals surface area contributed by atoms with Crippen LogP contribution in [0, 0.1) is 0 Å². The van der Waals surface area contributed by atoms with Crippen LogP contribution >= 0.6 is 0 Å². The Bertz CT molecular complexity index is 492. The van der Waals surface area contributed by atoms with Gasteiger partial charge in [-0.05, 0) is 5.56 Å². The molecular weight excluding hydrogens is 396 g/mol. The second-order valence-electron chi connectivity index (χ2n) is 3.82. The molecule has 1 aromatic carbocycles. The Labute approximate surface area is 113 Å². The molecule has 0 atom stereocenters. The van der Waals surface area contributed by atoms with Gasteiger partial charge in [0.05, 0.1) is 5.69 Å². The van der Waals surface area contributed by atoms with Crippen molar-refractivity contribution in [2.24, 2.45) is 0 Å². The molecule has 20 heavy (non-hydrogen) atoms. The molecule has 2 rings (SSSR count). The molecule has 0 unspecified atom stereocenters. The smallest absolute Gasteiger partial charge is 0.0630 e. The van der Waals surface area contributed by atoms with Crippen molar-refractivity contribution in [1.82, 2.24) is 9.97 Å². The molecule has 0 amide bonds. The Kier molecular flexibility index (Phi) is 4.39. The Morgan fingerprint density at radius 3 is 1.85 bits per heavy atom. The molecule has 2 nitrogen and oxygen atoms in total. The minimum Gasteiger partial charge on any atom is -0.261 e. The van der Waals surface area contributed by atoms with E-state index in [0.717, 1.165) is 12.1 Å². The number of hydrogen-bond donors (Lipinski definition) is 0. The van der Waals surface area contributed by atoms with Gasteiger partial charge < -0.3 is 0 Å². The average molecular weight is 406 g/mol. The van der Waals surface area contributed by atoms with E-state index in [1.54, 1.807) is 18.6 Å². The molecule has 0 aliphatic carbocycles. The van der Waals surface area contributed by atoms with Gasteiger partial charge in [-0.15, -0.1) is 0 Å². The summed E-state index contributed by atoms with van der Waals surface area (Å²) in [6.45, 7) is 0. The van der Waals surface area contributed by atoms with Crippen molar-refractivity contribution >= 4 is 19.5 Å². The first-order chi connectivity index (χ1) is 8.90. The maximum Gasteiger partial charge on any atom is 0.0630 e. The van der Waals surface area contributed by atoms with Gasteiger partial charge in [0.1, 0.15) is 0 Å². The van der Waals surface area contributed by atoms with E-state index in [-0.39, 0.29) is 0 Å². The van der Waals surface area contributed by atoms with Gasteiger partial charge in [-0.1, -0.05) is 30.3 Å². The molecule has 9 heteroatoms. The minimum absolute atomic E-state index is 0.856. The van der Waals surface area contributed by atoms with E-state index in [2.05, 4.69) is 22.1 Å². The van der Waals surface area contributed by atoms with Gasteiger partial charge >= 0.3 is 36.4 Å². The molecule has 0 radical (unpaired) electrons. The minimum atomic E-state index is -11.2. The largest absolute Gasteiger partial charge is 0.261 e. The zero-order valence-corrected chi connectivity index (χ0v) is 12.5. The van der Waals surface area contributed by atoms with Gasteiger partial charge in [0.25, 0.3) is 0 Å². The van der Waals surface area contributed by atoms with Crippen LogP contribution in [0.5, 0.6) is 0 Å². The second kappa shape index (κ2) is 5.24. The van der Waals surface area contributed by atoms with Crippen LogP contribution in [0.15, 0.2) is 48.9 Å². The summed E-state index contributed by atoms with van der Waals surface area (Å²) in [6.07, 6.45) is 6.06. The van der Waals surface area contributed by atoms with E-state index >= 15 is 0 Å². The van der Waals surface area contributed by atoms with Crippen molar-refractivity contribution < 1.29 is 16.9 Å². The third-order valence-electron chi connectivity index (χ3n) is 1.84. The standard InChI is InChI=1S/C11H10N2.6FH.Sb/c1-2-4-10(5-3-1)8-11-9-12-6-7-13-11;;;;;;;/h1-7,9H,8H2;6*1H;/q;;;;;;;+5/p-6. The van der Waals surface area contributed by atoms with Crippen LogP contribution in [-0.4, -0.2) is 29.4 Å². The SMILES string of the molecule is [F][Sb-]([F])([F])([F])([F])[F].c1ccc(Cc2cnccn2)cc1. The van der Waals surface area contributed by atoms with Crippen LogP contribution in [0.3, 0.4) is 0 Å². The summed E-state index contributed by atoms with van der Waals surface area (Å²) in [7, 11) is 0. The molecular formula is C11H10F6N2Sb-. The number of benzene rings is 1. The summed E-state index contributed by atoms with van der Waals surface area (Å²) in [6, 6.07) is 10.3. The average Bonchev–Trinajstić information content (AvgIpc) is 2.27. The summed E-state index contributed by atoms with van der Waals surface area (Å²) >= 11 is -11.2. The molecule has 1 heterocycles. The van der Waals surface area contributed by atoms with Crippen LogP contribution in [0.25, 0.3) is 0 Å². The number of nitrogens with zero attached hydrogens (tertiary/aromatic N) is 2. The molecule has 0 bridgehead atoms. The van der Waals surface area contributed by atoms with Crippen LogP contribution < -0.4 is 0 Å². The van der Waals surface area contributed by atoms with E-state index in [4.69, 9.17) is 0 Å². The van der Waals surface area contributed by atoms with Crippen molar-refractivity contribution in [2.75, 3.05) is 0 Å². The van der Waals surface area contributed by atoms with Gasteiger partial charge in [0, 0.05) is 25.0 Å². The van der Waals surface area contributed by atoms with E-state index in [0.29, 0.717) is 0 Å². The van der Waals surface area contributed by atoms with Gasteiger partial charge in [0.2, 0.25) is 0 Å². The molecule has 1 aromatic heterocycles.